The predicted octanol–water partition coefficient (Wildman–Crippen LogP) is 0.831. The van der Waals surface area contributed by atoms with E-state index in [4.69, 9.17) is 0 Å². The Bertz CT molecular complexity index is 825. The molecule has 0 radical (unpaired) electrons. The number of tetrazole rings is 1. The SMILES string of the molecule is O=S(=O)(NCc1nn[nH]n1)c1cccc2ccccc12. The highest BCUT2D eigenvalue weighted by Crippen LogP contribution is 2.22. The van der Waals surface area contributed by atoms with Gasteiger partial charge in [0.15, 0.2) is 5.82 Å². The first kappa shape index (κ1) is 12.7. The number of sulfonamides is 1. The van der Waals surface area contributed by atoms with Gasteiger partial charge in [-0.3, -0.25) is 0 Å². The summed E-state index contributed by atoms with van der Waals surface area (Å²) in [6, 6.07) is 12.5. The van der Waals surface area contributed by atoms with Gasteiger partial charge in [-0.15, -0.1) is 10.2 Å². The number of hydrogen-bond acceptors (Lipinski definition) is 5. The van der Waals surface area contributed by atoms with Crippen molar-refractivity contribution in [1.82, 2.24) is 25.3 Å². The van der Waals surface area contributed by atoms with E-state index in [1.165, 1.54) is 0 Å². The predicted molar refractivity (Wildman–Crippen MR) is 72.2 cm³/mol. The maximum atomic E-state index is 12.3. The molecule has 0 bridgehead atoms. The van der Waals surface area contributed by atoms with Gasteiger partial charge >= 0.3 is 0 Å². The molecule has 8 heteroatoms. The Labute approximate surface area is 115 Å². The summed E-state index contributed by atoms with van der Waals surface area (Å²) in [6.45, 7) is -0.0119. The Morgan fingerprint density at radius 3 is 2.70 bits per heavy atom. The molecule has 20 heavy (non-hydrogen) atoms. The number of benzene rings is 2. The lowest BCUT2D eigenvalue weighted by Gasteiger charge is -2.08. The monoisotopic (exact) mass is 289 g/mol. The fourth-order valence-electron chi connectivity index (χ4n) is 1.92. The molecule has 0 spiro atoms. The van der Waals surface area contributed by atoms with Crippen molar-refractivity contribution >= 4 is 20.8 Å². The Morgan fingerprint density at radius 1 is 1.10 bits per heavy atom. The van der Waals surface area contributed by atoms with E-state index >= 15 is 0 Å². The molecule has 0 saturated carbocycles. The lowest BCUT2D eigenvalue weighted by Crippen LogP contribution is -2.24. The summed E-state index contributed by atoms with van der Waals surface area (Å²) < 4.78 is 27.1. The van der Waals surface area contributed by atoms with Crippen molar-refractivity contribution in [2.75, 3.05) is 0 Å². The smallest absolute Gasteiger partial charge is 0.207 e. The van der Waals surface area contributed by atoms with E-state index in [0.29, 0.717) is 5.39 Å². The highest BCUT2D eigenvalue weighted by Gasteiger charge is 2.17. The van der Waals surface area contributed by atoms with Crippen LogP contribution in [-0.4, -0.2) is 29.0 Å². The molecule has 1 heterocycles. The van der Waals surface area contributed by atoms with Crippen LogP contribution in [-0.2, 0) is 16.6 Å². The van der Waals surface area contributed by atoms with Crippen LogP contribution in [0.4, 0.5) is 0 Å². The van der Waals surface area contributed by atoms with E-state index in [1.54, 1.807) is 24.3 Å². The van der Waals surface area contributed by atoms with E-state index in [2.05, 4.69) is 25.3 Å². The van der Waals surface area contributed by atoms with Crippen LogP contribution in [0.15, 0.2) is 47.4 Å². The normalized spacial score (nSPS) is 11.8. The maximum absolute atomic E-state index is 12.3. The van der Waals surface area contributed by atoms with E-state index in [0.717, 1.165) is 5.39 Å². The van der Waals surface area contributed by atoms with Gasteiger partial charge < -0.3 is 0 Å². The molecule has 2 aromatic carbocycles. The largest absolute Gasteiger partial charge is 0.241 e. The van der Waals surface area contributed by atoms with Gasteiger partial charge in [-0.25, -0.2) is 13.1 Å². The number of H-pyrrole nitrogens is 1. The molecule has 0 atom stereocenters. The summed E-state index contributed by atoms with van der Waals surface area (Å²) in [5, 5.41) is 14.6. The molecule has 0 aliphatic rings. The van der Waals surface area contributed by atoms with Crippen molar-refractivity contribution in [3.05, 3.63) is 48.3 Å². The summed E-state index contributed by atoms with van der Waals surface area (Å²) in [5.41, 5.74) is 0. The van der Waals surface area contributed by atoms with Crippen molar-refractivity contribution in [3.8, 4) is 0 Å². The first-order valence-corrected chi connectivity index (χ1v) is 7.35. The number of aromatic amines is 1. The van der Waals surface area contributed by atoms with Gasteiger partial charge in [0.2, 0.25) is 10.0 Å². The minimum absolute atomic E-state index is 0.0119. The summed E-state index contributed by atoms with van der Waals surface area (Å²) >= 11 is 0. The molecule has 3 aromatic rings. The quantitative estimate of drug-likeness (QED) is 0.741. The minimum Gasteiger partial charge on any atom is -0.207 e. The third-order valence-corrected chi connectivity index (χ3v) is 4.31. The Kier molecular flexibility index (Phi) is 3.17. The molecule has 0 amide bonds. The second-order valence-corrected chi connectivity index (χ2v) is 5.87. The van der Waals surface area contributed by atoms with Crippen LogP contribution in [0.5, 0.6) is 0 Å². The zero-order valence-electron chi connectivity index (χ0n) is 10.3. The average Bonchev–Trinajstić information content (AvgIpc) is 2.98. The topological polar surface area (TPSA) is 101 Å². The lowest BCUT2D eigenvalue weighted by molar-refractivity contribution is 0.580. The molecule has 0 aliphatic carbocycles. The van der Waals surface area contributed by atoms with Crippen LogP contribution in [0.3, 0.4) is 0 Å². The summed E-state index contributed by atoms with van der Waals surface area (Å²) in [5.74, 6) is 0.286. The fraction of sp³-hybridized carbons (Fsp3) is 0.0833. The van der Waals surface area contributed by atoms with Gasteiger partial charge in [0.25, 0.3) is 0 Å². The highest BCUT2D eigenvalue weighted by molar-refractivity contribution is 7.89. The van der Waals surface area contributed by atoms with Gasteiger partial charge in [0.1, 0.15) is 0 Å². The second kappa shape index (κ2) is 4.99. The van der Waals surface area contributed by atoms with E-state index in [9.17, 15) is 8.42 Å². The summed E-state index contributed by atoms with van der Waals surface area (Å²) in [7, 11) is -3.63. The lowest BCUT2D eigenvalue weighted by atomic mass is 10.1. The van der Waals surface area contributed by atoms with E-state index < -0.39 is 10.0 Å². The number of rotatable bonds is 4. The third-order valence-electron chi connectivity index (χ3n) is 2.85. The van der Waals surface area contributed by atoms with Crippen LogP contribution in [0.1, 0.15) is 5.82 Å². The second-order valence-electron chi connectivity index (χ2n) is 4.13. The molecular formula is C12H11N5O2S. The first-order valence-electron chi connectivity index (χ1n) is 5.86. The minimum atomic E-state index is -3.63. The number of aromatic nitrogens is 4. The molecule has 0 unspecified atom stereocenters. The van der Waals surface area contributed by atoms with E-state index in [1.807, 2.05) is 18.2 Å². The van der Waals surface area contributed by atoms with Gasteiger partial charge in [0, 0.05) is 5.39 Å². The van der Waals surface area contributed by atoms with E-state index in [-0.39, 0.29) is 17.3 Å². The number of hydrogen-bond donors (Lipinski definition) is 2. The molecule has 0 fully saturated rings. The van der Waals surface area contributed by atoms with Gasteiger partial charge in [-0.2, -0.15) is 5.21 Å². The van der Waals surface area contributed by atoms with Crippen molar-refractivity contribution < 1.29 is 8.42 Å². The maximum Gasteiger partial charge on any atom is 0.241 e. The van der Waals surface area contributed by atoms with Crippen LogP contribution in [0.2, 0.25) is 0 Å². The number of nitrogens with one attached hydrogen (secondary N) is 2. The van der Waals surface area contributed by atoms with Crippen LogP contribution in [0.25, 0.3) is 10.8 Å². The van der Waals surface area contributed by atoms with Crippen molar-refractivity contribution in [2.45, 2.75) is 11.4 Å². The molecule has 0 aliphatic heterocycles. The fourth-order valence-corrected chi connectivity index (χ4v) is 3.13. The van der Waals surface area contributed by atoms with Crippen LogP contribution in [0, 0.1) is 0 Å². The molecule has 1 aromatic heterocycles. The molecular weight excluding hydrogens is 278 g/mol. The van der Waals surface area contributed by atoms with Gasteiger partial charge in [-0.05, 0) is 11.5 Å². The Balaban J connectivity index is 1.97. The Morgan fingerprint density at radius 2 is 1.90 bits per heavy atom. The van der Waals surface area contributed by atoms with Crippen molar-refractivity contribution in [2.24, 2.45) is 0 Å². The van der Waals surface area contributed by atoms with Crippen LogP contribution < -0.4 is 4.72 Å². The van der Waals surface area contributed by atoms with Crippen molar-refractivity contribution in [1.29, 1.82) is 0 Å². The number of nitrogens with zero attached hydrogens (tertiary/aromatic N) is 3. The van der Waals surface area contributed by atoms with Crippen LogP contribution >= 0.6 is 0 Å². The average molecular weight is 289 g/mol. The highest BCUT2D eigenvalue weighted by atomic mass is 32.2. The summed E-state index contributed by atoms with van der Waals surface area (Å²) in [4.78, 5) is 0.235. The molecule has 3 rings (SSSR count). The third kappa shape index (κ3) is 2.38. The van der Waals surface area contributed by atoms with Gasteiger partial charge in [-0.1, -0.05) is 41.6 Å². The standard InChI is InChI=1S/C12H11N5O2S/c18-20(19,13-8-12-14-16-17-15-12)11-7-3-5-9-4-1-2-6-10(9)11/h1-7,13H,8H2,(H,14,15,16,17). The molecule has 102 valence electrons. The zero-order chi connectivity index (χ0) is 14.0. The molecule has 0 saturated heterocycles. The molecule has 7 nitrogen and oxygen atoms in total. The van der Waals surface area contributed by atoms with Crippen molar-refractivity contribution in [3.63, 3.8) is 0 Å². The summed E-state index contributed by atoms with van der Waals surface area (Å²) in [6.07, 6.45) is 0. The Hall–Kier alpha value is -2.32. The molecule has 2 N–H and O–H groups in total. The first-order chi connectivity index (χ1) is 9.67. The zero-order valence-corrected chi connectivity index (χ0v) is 11.1. The van der Waals surface area contributed by atoms with Gasteiger partial charge in [0.05, 0.1) is 11.4 Å². The number of fused-ring (bicyclic) bond motifs is 1.